The summed E-state index contributed by atoms with van der Waals surface area (Å²) in [4.78, 5) is 24.6. The molecule has 2 heterocycles. The Hall–Kier alpha value is -3.34. The molecular formula is C18H18N4O4. The standard InChI is InChI=1S/C18H18N4O4/c1-10-11(2)21-22(18(24)14(10)7-19)8-17(23)20-12(3)13-4-5-15-16(6-13)26-9-25-15/h4-6,12H,8-9H2,1-3H3,(H,20,23)/t12-/m0/s1. The van der Waals surface area contributed by atoms with Crippen molar-refractivity contribution in [2.75, 3.05) is 6.79 Å². The Kier molecular flexibility index (Phi) is 4.63. The first-order valence-corrected chi connectivity index (χ1v) is 8.08. The summed E-state index contributed by atoms with van der Waals surface area (Å²) in [5, 5.41) is 16.1. The minimum Gasteiger partial charge on any atom is -0.454 e. The van der Waals surface area contributed by atoms with E-state index in [1.165, 1.54) is 0 Å². The number of nitriles is 1. The van der Waals surface area contributed by atoms with Gasteiger partial charge in [-0.1, -0.05) is 6.07 Å². The van der Waals surface area contributed by atoms with Crippen LogP contribution in [0.25, 0.3) is 0 Å². The Balaban J connectivity index is 1.74. The van der Waals surface area contributed by atoms with Gasteiger partial charge in [0.2, 0.25) is 12.7 Å². The average Bonchev–Trinajstić information content (AvgIpc) is 3.07. The maximum atomic E-state index is 12.3. The molecule has 1 aromatic carbocycles. The predicted molar refractivity (Wildman–Crippen MR) is 91.8 cm³/mol. The molecule has 8 heteroatoms. The van der Waals surface area contributed by atoms with Crippen molar-refractivity contribution in [1.29, 1.82) is 5.26 Å². The number of aromatic nitrogens is 2. The first-order valence-electron chi connectivity index (χ1n) is 8.08. The fourth-order valence-corrected chi connectivity index (χ4v) is 2.70. The summed E-state index contributed by atoms with van der Waals surface area (Å²) in [5.74, 6) is 0.924. The van der Waals surface area contributed by atoms with E-state index in [1.54, 1.807) is 19.9 Å². The summed E-state index contributed by atoms with van der Waals surface area (Å²) in [6.07, 6.45) is 0. The molecule has 134 valence electrons. The second-order valence-corrected chi connectivity index (χ2v) is 6.06. The lowest BCUT2D eigenvalue weighted by Gasteiger charge is -2.15. The molecule has 0 spiro atoms. The van der Waals surface area contributed by atoms with Crippen LogP contribution >= 0.6 is 0 Å². The minimum atomic E-state index is -0.568. The van der Waals surface area contributed by atoms with Crippen LogP contribution in [0.2, 0.25) is 0 Å². The van der Waals surface area contributed by atoms with Crippen molar-refractivity contribution in [3.63, 3.8) is 0 Å². The van der Waals surface area contributed by atoms with Gasteiger partial charge in [0.15, 0.2) is 11.5 Å². The molecule has 0 bridgehead atoms. The number of nitrogens with zero attached hydrogens (tertiary/aromatic N) is 3. The number of amides is 1. The predicted octanol–water partition coefficient (Wildman–Crippen LogP) is 1.34. The highest BCUT2D eigenvalue weighted by atomic mass is 16.7. The molecule has 26 heavy (non-hydrogen) atoms. The lowest BCUT2D eigenvalue weighted by Crippen LogP contribution is -2.36. The van der Waals surface area contributed by atoms with Crippen LogP contribution in [-0.2, 0) is 11.3 Å². The molecule has 2 aromatic rings. The first kappa shape index (κ1) is 17.5. The lowest BCUT2D eigenvalue weighted by atomic mass is 10.1. The number of hydrogen-bond acceptors (Lipinski definition) is 6. The van der Waals surface area contributed by atoms with E-state index in [0.717, 1.165) is 10.2 Å². The van der Waals surface area contributed by atoms with Gasteiger partial charge in [-0.15, -0.1) is 0 Å². The highest BCUT2D eigenvalue weighted by molar-refractivity contribution is 5.76. The second-order valence-electron chi connectivity index (χ2n) is 6.06. The van der Waals surface area contributed by atoms with Gasteiger partial charge < -0.3 is 14.8 Å². The molecule has 0 aliphatic carbocycles. The zero-order valence-corrected chi connectivity index (χ0v) is 14.7. The Bertz CT molecular complexity index is 974. The third-order valence-electron chi connectivity index (χ3n) is 4.32. The number of nitrogens with one attached hydrogen (secondary N) is 1. The van der Waals surface area contributed by atoms with E-state index in [2.05, 4.69) is 10.4 Å². The molecule has 1 aromatic heterocycles. The average molecular weight is 354 g/mol. The monoisotopic (exact) mass is 354 g/mol. The third-order valence-corrected chi connectivity index (χ3v) is 4.32. The quantitative estimate of drug-likeness (QED) is 0.888. The fourth-order valence-electron chi connectivity index (χ4n) is 2.70. The highest BCUT2D eigenvalue weighted by Crippen LogP contribution is 2.34. The van der Waals surface area contributed by atoms with E-state index in [1.807, 2.05) is 25.1 Å². The van der Waals surface area contributed by atoms with Crippen molar-refractivity contribution in [2.24, 2.45) is 0 Å². The van der Waals surface area contributed by atoms with E-state index >= 15 is 0 Å². The molecular weight excluding hydrogens is 336 g/mol. The molecule has 0 saturated carbocycles. The van der Waals surface area contributed by atoms with Crippen molar-refractivity contribution in [3.8, 4) is 17.6 Å². The molecule has 1 aliphatic heterocycles. The summed E-state index contributed by atoms with van der Waals surface area (Å²) in [5.41, 5.74) is 1.36. The first-order chi connectivity index (χ1) is 12.4. The highest BCUT2D eigenvalue weighted by Gasteiger charge is 2.18. The summed E-state index contributed by atoms with van der Waals surface area (Å²) in [7, 11) is 0. The van der Waals surface area contributed by atoms with Crippen molar-refractivity contribution in [2.45, 2.75) is 33.4 Å². The molecule has 1 atom stereocenters. The normalized spacial score (nSPS) is 13.2. The van der Waals surface area contributed by atoms with Crippen LogP contribution in [0.5, 0.6) is 11.5 Å². The van der Waals surface area contributed by atoms with Crippen molar-refractivity contribution in [1.82, 2.24) is 15.1 Å². The molecule has 0 fully saturated rings. The molecule has 1 N–H and O–H groups in total. The van der Waals surface area contributed by atoms with Gasteiger partial charge >= 0.3 is 0 Å². The van der Waals surface area contributed by atoms with Crippen molar-refractivity contribution < 1.29 is 14.3 Å². The zero-order chi connectivity index (χ0) is 18.8. The molecule has 0 radical (unpaired) electrons. The maximum absolute atomic E-state index is 12.3. The number of fused-ring (bicyclic) bond motifs is 1. The summed E-state index contributed by atoms with van der Waals surface area (Å²) < 4.78 is 11.6. The topological polar surface area (TPSA) is 106 Å². The number of rotatable bonds is 4. The summed E-state index contributed by atoms with van der Waals surface area (Å²) in [6.45, 7) is 5.10. The molecule has 1 amide bonds. The molecule has 1 aliphatic rings. The van der Waals surface area contributed by atoms with Gasteiger partial charge in [-0.25, -0.2) is 4.68 Å². The van der Waals surface area contributed by atoms with E-state index in [-0.39, 0.29) is 30.9 Å². The second kappa shape index (κ2) is 6.88. The molecule has 8 nitrogen and oxygen atoms in total. The molecule has 0 unspecified atom stereocenters. The van der Waals surface area contributed by atoms with Crippen LogP contribution in [0.1, 0.15) is 35.3 Å². The van der Waals surface area contributed by atoms with Gasteiger partial charge in [0.05, 0.1) is 11.7 Å². The summed E-state index contributed by atoms with van der Waals surface area (Å²) >= 11 is 0. The Morgan fingerprint density at radius 2 is 2.12 bits per heavy atom. The van der Waals surface area contributed by atoms with Crippen LogP contribution in [0.15, 0.2) is 23.0 Å². The SMILES string of the molecule is Cc1nn(CC(=O)N[C@@H](C)c2ccc3c(c2)OCO3)c(=O)c(C#N)c1C. The van der Waals surface area contributed by atoms with E-state index in [9.17, 15) is 9.59 Å². The van der Waals surface area contributed by atoms with E-state index < -0.39 is 5.56 Å². The maximum Gasteiger partial charge on any atom is 0.285 e. The van der Waals surface area contributed by atoms with Crippen LogP contribution in [0.3, 0.4) is 0 Å². The molecule has 3 rings (SSSR count). The van der Waals surface area contributed by atoms with Crippen LogP contribution in [0.4, 0.5) is 0 Å². The van der Waals surface area contributed by atoms with Crippen LogP contribution < -0.4 is 20.3 Å². The Morgan fingerprint density at radius 3 is 2.85 bits per heavy atom. The van der Waals surface area contributed by atoms with Crippen LogP contribution in [0, 0.1) is 25.2 Å². The van der Waals surface area contributed by atoms with Gasteiger partial charge in [-0.2, -0.15) is 10.4 Å². The minimum absolute atomic E-state index is 0.00844. The lowest BCUT2D eigenvalue weighted by molar-refractivity contribution is -0.122. The Morgan fingerprint density at radius 1 is 1.38 bits per heavy atom. The third kappa shape index (κ3) is 3.24. The van der Waals surface area contributed by atoms with Gasteiger partial charge in [-0.3, -0.25) is 9.59 Å². The smallest absolute Gasteiger partial charge is 0.285 e. The summed E-state index contributed by atoms with van der Waals surface area (Å²) in [6, 6.07) is 7.01. The zero-order valence-electron chi connectivity index (χ0n) is 14.7. The van der Waals surface area contributed by atoms with Crippen LogP contribution in [-0.4, -0.2) is 22.5 Å². The van der Waals surface area contributed by atoms with Gasteiger partial charge in [0.25, 0.3) is 5.56 Å². The van der Waals surface area contributed by atoms with E-state index in [0.29, 0.717) is 22.8 Å². The fraction of sp³-hybridized carbons (Fsp3) is 0.333. The van der Waals surface area contributed by atoms with Gasteiger partial charge in [0, 0.05) is 0 Å². The van der Waals surface area contributed by atoms with Crippen molar-refractivity contribution >= 4 is 5.91 Å². The van der Waals surface area contributed by atoms with Gasteiger partial charge in [-0.05, 0) is 44.0 Å². The number of benzene rings is 1. The Labute approximate surface area is 150 Å². The number of carbonyl (C=O) groups excluding carboxylic acids is 1. The van der Waals surface area contributed by atoms with E-state index in [4.69, 9.17) is 14.7 Å². The number of carbonyl (C=O) groups is 1. The number of hydrogen-bond donors (Lipinski definition) is 1. The number of aryl methyl sites for hydroxylation is 1. The number of ether oxygens (including phenoxy) is 2. The van der Waals surface area contributed by atoms with Gasteiger partial charge in [0.1, 0.15) is 18.2 Å². The van der Waals surface area contributed by atoms with Crippen molar-refractivity contribution in [3.05, 3.63) is 50.9 Å². The molecule has 0 saturated heterocycles. The largest absolute Gasteiger partial charge is 0.454 e.